The first-order valence-electron chi connectivity index (χ1n) is 7.96. The van der Waals surface area contributed by atoms with Crippen molar-refractivity contribution in [3.8, 4) is 6.07 Å². The van der Waals surface area contributed by atoms with E-state index < -0.39 is 0 Å². The van der Waals surface area contributed by atoms with Crippen molar-refractivity contribution in [2.75, 3.05) is 13.1 Å². The molecule has 2 atom stereocenters. The molecule has 3 heterocycles. The van der Waals surface area contributed by atoms with Gasteiger partial charge >= 0.3 is 0 Å². The number of amides is 1. The lowest BCUT2D eigenvalue weighted by Crippen LogP contribution is -2.50. The minimum Gasteiger partial charge on any atom is -0.370 e. The second kappa shape index (κ2) is 6.45. The normalized spacial score (nSPS) is 27.8. The lowest BCUT2D eigenvalue weighted by molar-refractivity contribution is -0.0781. The third-order valence-electron chi connectivity index (χ3n) is 4.65. The molecule has 0 aromatic carbocycles. The summed E-state index contributed by atoms with van der Waals surface area (Å²) < 4.78 is 6.25. The molecule has 1 aromatic rings. The Bertz CT molecular complexity index is 569. The van der Waals surface area contributed by atoms with Gasteiger partial charge in [0.2, 0.25) is 0 Å². The Balaban J connectivity index is 1.65. The summed E-state index contributed by atoms with van der Waals surface area (Å²) in [5.41, 5.74) is 0.439. The van der Waals surface area contributed by atoms with Crippen molar-refractivity contribution >= 4 is 5.91 Å². The van der Waals surface area contributed by atoms with Gasteiger partial charge in [-0.15, -0.1) is 0 Å². The minimum atomic E-state index is -0.198. The summed E-state index contributed by atoms with van der Waals surface area (Å²) in [6.45, 7) is 1.44. The van der Waals surface area contributed by atoms with Crippen LogP contribution in [-0.4, -0.2) is 40.6 Å². The summed E-state index contributed by atoms with van der Waals surface area (Å²) in [4.78, 5) is 18.5. The van der Waals surface area contributed by atoms with Crippen molar-refractivity contribution in [2.24, 2.45) is 0 Å². The van der Waals surface area contributed by atoms with Crippen molar-refractivity contribution < 1.29 is 9.53 Å². The third kappa shape index (κ3) is 3.12. The Hall–Kier alpha value is -1.93. The molecule has 0 radical (unpaired) electrons. The second-order valence-electron chi connectivity index (χ2n) is 6.23. The topological polar surface area (TPSA) is 66.2 Å². The van der Waals surface area contributed by atoms with E-state index in [0.29, 0.717) is 18.5 Å². The monoisotopic (exact) mass is 299 g/mol. The summed E-state index contributed by atoms with van der Waals surface area (Å²) in [7, 11) is 0. The smallest absolute Gasteiger partial charge is 0.255 e. The van der Waals surface area contributed by atoms with Crippen LogP contribution in [0.5, 0.6) is 0 Å². The Kier molecular flexibility index (Phi) is 4.39. The van der Waals surface area contributed by atoms with E-state index in [2.05, 4.69) is 11.1 Å². The van der Waals surface area contributed by atoms with Crippen LogP contribution in [0.25, 0.3) is 0 Å². The number of piperidine rings is 1. The lowest BCUT2D eigenvalue weighted by atomic mass is 9.89. The summed E-state index contributed by atoms with van der Waals surface area (Å²) in [6, 6.07) is 5.78. The molecule has 22 heavy (non-hydrogen) atoms. The summed E-state index contributed by atoms with van der Waals surface area (Å²) in [6.07, 6.45) is 8.77. The number of carbonyl (C=O) groups is 1. The van der Waals surface area contributed by atoms with Crippen molar-refractivity contribution in [2.45, 2.75) is 50.2 Å². The maximum atomic E-state index is 12.6. The zero-order valence-electron chi connectivity index (χ0n) is 12.7. The average Bonchev–Trinajstić information content (AvgIpc) is 2.95. The molecule has 3 rings (SSSR count). The van der Waals surface area contributed by atoms with Gasteiger partial charge in [0.25, 0.3) is 5.91 Å². The third-order valence-corrected chi connectivity index (χ3v) is 4.65. The fourth-order valence-corrected chi connectivity index (χ4v) is 3.57. The predicted octanol–water partition coefficient (Wildman–Crippen LogP) is 2.54. The highest BCUT2D eigenvalue weighted by molar-refractivity contribution is 5.94. The summed E-state index contributed by atoms with van der Waals surface area (Å²) >= 11 is 0. The number of carbonyl (C=O) groups excluding carboxylic acids is 1. The Morgan fingerprint density at radius 1 is 1.55 bits per heavy atom. The Morgan fingerprint density at radius 3 is 3.23 bits per heavy atom. The number of aromatic nitrogens is 1. The van der Waals surface area contributed by atoms with E-state index in [1.165, 1.54) is 0 Å². The van der Waals surface area contributed by atoms with E-state index in [9.17, 15) is 4.79 Å². The molecular formula is C17H21N3O2. The van der Waals surface area contributed by atoms with Gasteiger partial charge in [0.15, 0.2) is 0 Å². The number of ether oxygens (including phenoxy) is 1. The minimum absolute atomic E-state index is 0.0382. The van der Waals surface area contributed by atoms with E-state index in [0.717, 1.165) is 38.6 Å². The van der Waals surface area contributed by atoms with Gasteiger partial charge in [-0.2, -0.15) is 5.26 Å². The molecule has 0 saturated carbocycles. The largest absolute Gasteiger partial charge is 0.370 e. The first kappa shape index (κ1) is 15.0. The second-order valence-corrected chi connectivity index (χ2v) is 6.23. The Labute approximate surface area is 130 Å². The first-order chi connectivity index (χ1) is 10.7. The van der Waals surface area contributed by atoms with Crippen LogP contribution in [0.15, 0.2) is 24.5 Å². The van der Waals surface area contributed by atoms with Gasteiger partial charge in [-0.25, -0.2) is 0 Å². The SMILES string of the molecule is N#CCC[C@@H]1CC[C@]2(CCCN(C(=O)c3cccnc3)C2)O1. The lowest BCUT2D eigenvalue weighted by Gasteiger charge is -2.40. The molecule has 1 aromatic heterocycles. The standard InChI is InChI=1S/C17H21N3O2/c18-9-1-5-15-6-8-17(22-15)7-3-11-20(13-17)16(21)14-4-2-10-19-12-14/h2,4,10,12,15H,1,3,5-8,11,13H2/t15-,17+/m1/s1. The number of rotatable bonds is 3. The van der Waals surface area contributed by atoms with Gasteiger partial charge in [0.1, 0.15) is 0 Å². The number of nitriles is 1. The Morgan fingerprint density at radius 2 is 2.45 bits per heavy atom. The number of likely N-dealkylation sites (tertiary alicyclic amines) is 1. The van der Waals surface area contributed by atoms with Crippen LogP contribution in [0.4, 0.5) is 0 Å². The molecule has 2 saturated heterocycles. The molecule has 116 valence electrons. The van der Waals surface area contributed by atoms with Gasteiger partial charge in [-0.1, -0.05) is 0 Å². The molecule has 0 bridgehead atoms. The maximum Gasteiger partial charge on any atom is 0.255 e. The zero-order valence-corrected chi connectivity index (χ0v) is 12.7. The number of hydrogen-bond acceptors (Lipinski definition) is 4. The van der Waals surface area contributed by atoms with E-state index in [4.69, 9.17) is 10.00 Å². The van der Waals surface area contributed by atoms with E-state index >= 15 is 0 Å². The van der Waals surface area contributed by atoms with Gasteiger partial charge in [0.05, 0.1) is 23.3 Å². The highest BCUT2D eigenvalue weighted by atomic mass is 16.5. The molecule has 5 nitrogen and oxygen atoms in total. The molecule has 2 aliphatic rings. The molecule has 0 N–H and O–H groups in total. The molecule has 1 spiro atoms. The summed E-state index contributed by atoms with van der Waals surface area (Å²) in [5.74, 6) is 0.0382. The van der Waals surface area contributed by atoms with Crippen LogP contribution in [-0.2, 0) is 4.74 Å². The van der Waals surface area contributed by atoms with Crippen LogP contribution in [0, 0.1) is 11.3 Å². The van der Waals surface area contributed by atoms with Crippen molar-refractivity contribution in [3.05, 3.63) is 30.1 Å². The van der Waals surface area contributed by atoms with Crippen LogP contribution in [0.1, 0.15) is 48.9 Å². The quantitative estimate of drug-likeness (QED) is 0.860. The van der Waals surface area contributed by atoms with E-state index in [-0.39, 0.29) is 17.6 Å². The first-order valence-corrected chi connectivity index (χ1v) is 7.96. The van der Waals surface area contributed by atoms with Crippen LogP contribution >= 0.6 is 0 Å². The van der Waals surface area contributed by atoms with E-state index in [1.807, 2.05) is 11.0 Å². The van der Waals surface area contributed by atoms with Crippen LogP contribution in [0.2, 0.25) is 0 Å². The zero-order chi connectivity index (χ0) is 15.4. The number of nitrogens with zero attached hydrogens (tertiary/aromatic N) is 3. The van der Waals surface area contributed by atoms with Crippen LogP contribution < -0.4 is 0 Å². The van der Waals surface area contributed by atoms with Gasteiger partial charge < -0.3 is 9.64 Å². The highest BCUT2D eigenvalue weighted by Gasteiger charge is 2.44. The molecule has 2 aliphatic heterocycles. The highest BCUT2D eigenvalue weighted by Crippen LogP contribution is 2.39. The molecule has 5 heteroatoms. The van der Waals surface area contributed by atoms with Crippen molar-refractivity contribution in [3.63, 3.8) is 0 Å². The van der Waals surface area contributed by atoms with Crippen molar-refractivity contribution in [1.82, 2.24) is 9.88 Å². The van der Waals surface area contributed by atoms with Crippen molar-refractivity contribution in [1.29, 1.82) is 5.26 Å². The predicted molar refractivity (Wildman–Crippen MR) is 81.1 cm³/mol. The molecular weight excluding hydrogens is 278 g/mol. The number of hydrogen-bond donors (Lipinski definition) is 0. The maximum absolute atomic E-state index is 12.6. The molecule has 2 fully saturated rings. The fourth-order valence-electron chi connectivity index (χ4n) is 3.57. The van der Waals surface area contributed by atoms with Gasteiger partial charge in [0, 0.05) is 31.9 Å². The van der Waals surface area contributed by atoms with Gasteiger partial charge in [-0.3, -0.25) is 9.78 Å². The van der Waals surface area contributed by atoms with E-state index in [1.54, 1.807) is 18.5 Å². The average molecular weight is 299 g/mol. The molecule has 1 amide bonds. The number of pyridine rings is 1. The molecule has 0 aliphatic carbocycles. The van der Waals surface area contributed by atoms with Crippen LogP contribution in [0.3, 0.4) is 0 Å². The van der Waals surface area contributed by atoms with Gasteiger partial charge in [-0.05, 0) is 44.2 Å². The summed E-state index contributed by atoms with van der Waals surface area (Å²) in [5, 5.41) is 8.70. The molecule has 0 unspecified atom stereocenters. The fraction of sp³-hybridized carbons (Fsp3) is 0.588.